The van der Waals surface area contributed by atoms with Crippen molar-refractivity contribution in [2.45, 2.75) is 59.1 Å². The summed E-state index contributed by atoms with van der Waals surface area (Å²) in [5.41, 5.74) is -0.137. The van der Waals surface area contributed by atoms with Gasteiger partial charge in [0.05, 0.1) is 17.1 Å². The molecule has 0 bridgehead atoms. The van der Waals surface area contributed by atoms with Crippen LogP contribution in [0.5, 0.6) is 11.5 Å². The highest BCUT2D eigenvalue weighted by molar-refractivity contribution is 6.02. The first kappa shape index (κ1) is 32.0. The molecule has 6 rings (SSSR count). The third-order valence-corrected chi connectivity index (χ3v) is 8.09. The molecule has 2 aliphatic heterocycles. The molecule has 0 unspecified atom stereocenters. The fourth-order valence-electron chi connectivity index (χ4n) is 6.05. The molecule has 10 nitrogen and oxygen atoms in total. The van der Waals surface area contributed by atoms with E-state index in [1.807, 2.05) is 61.4 Å². The molecule has 0 saturated carbocycles. The van der Waals surface area contributed by atoms with Crippen molar-refractivity contribution in [1.29, 1.82) is 0 Å². The predicted molar refractivity (Wildman–Crippen MR) is 182 cm³/mol. The van der Waals surface area contributed by atoms with Gasteiger partial charge in [-0.2, -0.15) is 0 Å². The highest BCUT2D eigenvalue weighted by Crippen LogP contribution is 2.48. The zero-order chi connectivity index (χ0) is 33.5. The number of hydrogen-bond acceptors (Lipinski definition) is 7. The van der Waals surface area contributed by atoms with Gasteiger partial charge in [-0.15, -0.1) is 0 Å². The molecule has 0 radical (unpaired) electrons. The minimum absolute atomic E-state index is 0.0388. The fraction of sp³-hybridized carbons (Fsp3) is 0.389. The van der Waals surface area contributed by atoms with Gasteiger partial charge in [-0.05, 0) is 68.5 Å². The minimum Gasteiger partial charge on any atom is -0.451 e. The van der Waals surface area contributed by atoms with E-state index in [1.165, 1.54) is 12.3 Å². The van der Waals surface area contributed by atoms with E-state index in [0.717, 1.165) is 10.8 Å². The maximum absolute atomic E-state index is 16.2. The van der Waals surface area contributed by atoms with Crippen LogP contribution in [0.3, 0.4) is 0 Å². The largest absolute Gasteiger partial charge is 0.451 e. The van der Waals surface area contributed by atoms with Gasteiger partial charge in [0.25, 0.3) is 5.91 Å². The molecule has 3 heterocycles. The molecule has 11 heteroatoms. The first-order valence-electron chi connectivity index (χ1n) is 16.0. The number of carbonyl (C=O) groups excluding carboxylic acids is 2. The van der Waals surface area contributed by atoms with Gasteiger partial charge in [0.15, 0.2) is 17.3 Å². The van der Waals surface area contributed by atoms with Gasteiger partial charge >= 0.3 is 6.09 Å². The SMILES string of the molecule is CC(C)/C=N/CCCNC(=O)c1cn2c3c(c(N4CC[C@@H](NC(=O)OC(C)(C)C)C4)c(F)cc3c1=O)Oc1cc3ccccc3cc1-2. The lowest BCUT2D eigenvalue weighted by Gasteiger charge is -2.29. The number of alkyl carbamates (subject to hydrolysis) is 1. The second-order valence-corrected chi connectivity index (χ2v) is 13.4. The molecule has 1 aromatic heterocycles. The minimum atomic E-state index is -0.654. The molecule has 0 aliphatic carbocycles. The number of nitrogens with zero attached hydrogens (tertiary/aromatic N) is 3. The topological polar surface area (TPSA) is 114 Å². The Morgan fingerprint density at radius 1 is 1.17 bits per heavy atom. The van der Waals surface area contributed by atoms with Crippen LogP contribution >= 0.6 is 0 Å². The van der Waals surface area contributed by atoms with Crippen LogP contribution < -0.4 is 25.7 Å². The van der Waals surface area contributed by atoms with Crippen LogP contribution in [0.4, 0.5) is 14.9 Å². The number of amides is 2. The number of aromatic nitrogens is 1. The number of halogens is 1. The second-order valence-electron chi connectivity index (χ2n) is 13.4. The van der Waals surface area contributed by atoms with Crippen LogP contribution in [0, 0.1) is 11.7 Å². The zero-order valence-electron chi connectivity index (χ0n) is 27.4. The molecule has 2 aliphatic rings. The van der Waals surface area contributed by atoms with Crippen molar-refractivity contribution in [3.63, 3.8) is 0 Å². The van der Waals surface area contributed by atoms with E-state index < -0.39 is 28.8 Å². The number of rotatable bonds is 8. The Kier molecular flexibility index (Phi) is 8.65. The number of hydrogen-bond donors (Lipinski definition) is 2. The standard InChI is InChI=1S/C36H40FN5O5/c1-21(2)18-38-12-8-13-39-34(44)26-20-42-28-15-22-9-6-7-10-23(22)16-29(28)46-33-30(42)25(32(26)43)17-27(37)31(33)41-14-11-24(19-41)40-35(45)47-36(3,4)5/h6-7,9-10,15-18,20-21,24H,8,11-14,19H2,1-5H3,(H,39,44)(H,40,45)/b38-18+/t24-/m1/s1. The second kappa shape index (κ2) is 12.7. The van der Waals surface area contributed by atoms with Gasteiger partial charge in [-0.3, -0.25) is 14.6 Å². The summed E-state index contributed by atoms with van der Waals surface area (Å²) in [6, 6.07) is 12.5. The van der Waals surface area contributed by atoms with E-state index in [4.69, 9.17) is 9.47 Å². The van der Waals surface area contributed by atoms with Crippen molar-refractivity contribution in [2.75, 3.05) is 31.1 Å². The number of ether oxygens (including phenoxy) is 2. The van der Waals surface area contributed by atoms with Crippen LogP contribution in [0.1, 0.15) is 57.8 Å². The Hall–Kier alpha value is -4.93. The Morgan fingerprint density at radius 3 is 2.64 bits per heavy atom. The Labute approximate surface area is 272 Å². The van der Waals surface area contributed by atoms with Crippen LogP contribution in [-0.2, 0) is 4.74 Å². The highest BCUT2D eigenvalue weighted by Gasteiger charge is 2.34. The van der Waals surface area contributed by atoms with Gasteiger partial charge in [0.1, 0.15) is 22.4 Å². The molecular formula is C36H40FN5O5. The van der Waals surface area contributed by atoms with Gasteiger partial charge in [-0.1, -0.05) is 38.1 Å². The summed E-state index contributed by atoms with van der Waals surface area (Å²) in [4.78, 5) is 45.8. The number of carbonyl (C=O) groups is 2. The van der Waals surface area contributed by atoms with Crippen LogP contribution in [0.2, 0.25) is 0 Å². The van der Waals surface area contributed by atoms with Crippen molar-refractivity contribution >= 4 is 45.6 Å². The van der Waals surface area contributed by atoms with E-state index in [1.54, 1.807) is 25.3 Å². The summed E-state index contributed by atoms with van der Waals surface area (Å²) in [7, 11) is 0. The molecule has 47 heavy (non-hydrogen) atoms. The third kappa shape index (κ3) is 6.65. The number of fused-ring (bicyclic) bond motifs is 3. The van der Waals surface area contributed by atoms with Crippen LogP contribution in [-0.4, -0.2) is 60.6 Å². The smallest absolute Gasteiger partial charge is 0.407 e. The lowest BCUT2D eigenvalue weighted by Crippen LogP contribution is -2.40. The lowest BCUT2D eigenvalue weighted by molar-refractivity contribution is 0.0508. The number of pyridine rings is 1. The molecule has 1 fully saturated rings. The van der Waals surface area contributed by atoms with Crippen molar-refractivity contribution in [3.8, 4) is 17.2 Å². The average molecular weight is 642 g/mol. The molecule has 3 aromatic carbocycles. The first-order valence-corrected chi connectivity index (χ1v) is 16.0. The average Bonchev–Trinajstić information content (AvgIpc) is 3.45. The number of nitrogens with one attached hydrogen (secondary N) is 2. The fourth-order valence-corrected chi connectivity index (χ4v) is 6.05. The Bertz CT molecular complexity index is 1960. The molecule has 1 saturated heterocycles. The lowest BCUT2D eigenvalue weighted by atomic mass is 10.0. The van der Waals surface area contributed by atoms with Crippen molar-refractivity contribution in [3.05, 3.63) is 70.3 Å². The van der Waals surface area contributed by atoms with Gasteiger partial charge in [0, 0.05) is 38.6 Å². The van der Waals surface area contributed by atoms with Crippen molar-refractivity contribution in [2.24, 2.45) is 10.9 Å². The first-order chi connectivity index (χ1) is 22.4. The molecule has 2 amide bonds. The Balaban J connectivity index is 1.40. The maximum atomic E-state index is 16.2. The quantitative estimate of drug-likeness (QED) is 0.151. The summed E-state index contributed by atoms with van der Waals surface area (Å²) in [6.07, 6.45) is 4.03. The number of aliphatic imine (C=N–C) groups is 1. The Morgan fingerprint density at radius 2 is 1.91 bits per heavy atom. The zero-order valence-corrected chi connectivity index (χ0v) is 27.4. The van der Waals surface area contributed by atoms with Gasteiger partial charge in [-0.25, -0.2) is 9.18 Å². The highest BCUT2D eigenvalue weighted by atomic mass is 19.1. The van der Waals surface area contributed by atoms with E-state index in [0.29, 0.717) is 61.9 Å². The molecular weight excluding hydrogens is 601 g/mol. The molecule has 4 aromatic rings. The molecule has 0 spiro atoms. The monoisotopic (exact) mass is 641 g/mol. The molecule has 1 atom stereocenters. The summed E-state index contributed by atoms with van der Waals surface area (Å²) < 4.78 is 29.9. The number of anilines is 1. The van der Waals surface area contributed by atoms with E-state index >= 15 is 4.39 Å². The normalized spacial score (nSPS) is 15.7. The summed E-state index contributed by atoms with van der Waals surface area (Å²) in [5.74, 6) is -0.199. The van der Waals surface area contributed by atoms with Crippen LogP contribution in [0.15, 0.2) is 58.4 Å². The van der Waals surface area contributed by atoms with Crippen molar-refractivity contribution in [1.82, 2.24) is 15.2 Å². The van der Waals surface area contributed by atoms with Gasteiger partial charge < -0.3 is 29.6 Å². The third-order valence-electron chi connectivity index (χ3n) is 8.09. The maximum Gasteiger partial charge on any atom is 0.407 e. The summed E-state index contributed by atoms with van der Waals surface area (Å²) in [5, 5.41) is 7.61. The summed E-state index contributed by atoms with van der Waals surface area (Å²) >= 11 is 0. The predicted octanol–water partition coefficient (Wildman–Crippen LogP) is 6.34. The van der Waals surface area contributed by atoms with Gasteiger partial charge in [0.2, 0.25) is 5.43 Å². The summed E-state index contributed by atoms with van der Waals surface area (Å²) in [6.45, 7) is 11.1. The molecule has 246 valence electrons. The van der Waals surface area contributed by atoms with E-state index in [-0.39, 0.29) is 28.4 Å². The van der Waals surface area contributed by atoms with Crippen molar-refractivity contribution < 1.29 is 23.5 Å². The van der Waals surface area contributed by atoms with E-state index in [9.17, 15) is 14.4 Å². The van der Waals surface area contributed by atoms with E-state index in [2.05, 4.69) is 15.6 Å². The van der Waals surface area contributed by atoms with Crippen LogP contribution in [0.25, 0.3) is 27.4 Å². The number of benzene rings is 3. The molecule has 2 N–H and O–H groups in total.